The van der Waals surface area contributed by atoms with Crippen LogP contribution >= 0.6 is 22.9 Å². The summed E-state index contributed by atoms with van der Waals surface area (Å²) in [6.07, 6.45) is -0.0256. The SMILES string of the molecule is O=C(NCCN1CCN(C(=O)Cc2c(F)cccc2Cl)CC1)c1ccsc1. The van der Waals surface area contributed by atoms with Crippen molar-refractivity contribution >= 4 is 34.8 Å². The average molecular weight is 410 g/mol. The third-order valence-electron chi connectivity index (χ3n) is 4.61. The van der Waals surface area contributed by atoms with E-state index < -0.39 is 5.82 Å². The Morgan fingerprint density at radius 1 is 1.19 bits per heavy atom. The summed E-state index contributed by atoms with van der Waals surface area (Å²) in [6, 6.07) is 6.24. The van der Waals surface area contributed by atoms with Gasteiger partial charge in [0.1, 0.15) is 5.82 Å². The number of halogens is 2. The summed E-state index contributed by atoms with van der Waals surface area (Å²) < 4.78 is 13.8. The first-order chi connectivity index (χ1) is 13.0. The van der Waals surface area contributed by atoms with Gasteiger partial charge in [-0.15, -0.1) is 0 Å². The normalized spacial score (nSPS) is 15.0. The largest absolute Gasteiger partial charge is 0.351 e. The van der Waals surface area contributed by atoms with Gasteiger partial charge in [-0.1, -0.05) is 17.7 Å². The molecule has 0 atom stereocenters. The van der Waals surface area contributed by atoms with Gasteiger partial charge in [0.2, 0.25) is 5.91 Å². The molecule has 1 N–H and O–H groups in total. The zero-order chi connectivity index (χ0) is 19.2. The van der Waals surface area contributed by atoms with Crippen molar-refractivity contribution in [3.8, 4) is 0 Å². The smallest absolute Gasteiger partial charge is 0.252 e. The summed E-state index contributed by atoms with van der Waals surface area (Å²) in [7, 11) is 0. The number of nitrogens with zero attached hydrogens (tertiary/aromatic N) is 2. The lowest BCUT2D eigenvalue weighted by atomic mass is 10.1. The van der Waals surface area contributed by atoms with Crippen LogP contribution in [-0.2, 0) is 11.2 Å². The summed E-state index contributed by atoms with van der Waals surface area (Å²) in [5.41, 5.74) is 0.935. The van der Waals surface area contributed by atoms with E-state index in [9.17, 15) is 14.0 Å². The Kier molecular flexibility index (Phi) is 6.82. The molecule has 0 aliphatic carbocycles. The molecular formula is C19H21ClFN3O2S. The molecule has 0 unspecified atom stereocenters. The fraction of sp³-hybridized carbons (Fsp3) is 0.368. The van der Waals surface area contributed by atoms with Crippen molar-refractivity contribution in [2.24, 2.45) is 0 Å². The van der Waals surface area contributed by atoms with Crippen LogP contribution in [0.5, 0.6) is 0 Å². The maximum absolute atomic E-state index is 13.8. The number of hydrogen-bond donors (Lipinski definition) is 1. The molecule has 1 fully saturated rings. The molecule has 0 bridgehead atoms. The van der Waals surface area contributed by atoms with Crippen LogP contribution in [0.1, 0.15) is 15.9 Å². The Morgan fingerprint density at radius 2 is 1.96 bits per heavy atom. The molecule has 1 aliphatic rings. The fourth-order valence-corrected chi connectivity index (χ4v) is 3.87. The second kappa shape index (κ2) is 9.30. The van der Waals surface area contributed by atoms with Crippen molar-refractivity contribution in [2.75, 3.05) is 39.3 Å². The van der Waals surface area contributed by atoms with Crippen molar-refractivity contribution in [3.63, 3.8) is 0 Å². The van der Waals surface area contributed by atoms with Crippen LogP contribution in [-0.4, -0.2) is 60.9 Å². The molecule has 144 valence electrons. The molecule has 1 aromatic carbocycles. The summed E-state index contributed by atoms with van der Waals surface area (Å²) >= 11 is 7.50. The predicted molar refractivity (Wildman–Crippen MR) is 105 cm³/mol. The van der Waals surface area contributed by atoms with E-state index in [-0.39, 0.29) is 28.8 Å². The number of amides is 2. The lowest BCUT2D eigenvalue weighted by Crippen LogP contribution is -2.50. The minimum absolute atomic E-state index is 0.0256. The molecule has 8 heteroatoms. The van der Waals surface area contributed by atoms with Crippen LogP contribution in [0.4, 0.5) is 4.39 Å². The Morgan fingerprint density at radius 3 is 2.63 bits per heavy atom. The lowest BCUT2D eigenvalue weighted by Gasteiger charge is -2.34. The van der Waals surface area contributed by atoms with E-state index in [1.807, 2.05) is 10.8 Å². The maximum atomic E-state index is 13.8. The maximum Gasteiger partial charge on any atom is 0.252 e. The van der Waals surface area contributed by atoms with E-state index in [4.69, 9.17) is 11.6 Å². The first-order valence-corrected chi connectivity index (χ1v) is 10.1. The summed E-state index contributed by atoms with van der Waals surface area (Å²) in [4.78, 5) is 28.3. The molecule has 3 rings (SSSR count). The van der Waals surface area contributed by atoms with Crippen LogP contribution in [0.25, 0.3) is 0 Å². The summed E-state index contributed by atoms with van der Waals surface area (Å²) in [6.45, 7) is 3.92. The van der Waals surface area contributed by atoms with Gasteiger partial charge in [-0.2, -0.15) is 11.3 Å². The Hall–Kier alpha value is -1.96. The molecule has 5 nitrogen and oxygen atoms in total. The highest BCUT2D eigenvalue weighted by Crippen LogP contribution is 2.20. The average Bonchev–Trinajstić information content (AvgIpc) is 3.20. The number of thiophene rings is 1. The van der Waals surface area contributed by atoms with E-state index in [0.717, 1.165) is 19.6 Å². The minimum Gasteiger partial charge on any atom is -0.351 e. The summed E-state index contributed by atoms with van der Waals surface area (Å²) in [5.74, 6) is -0.630. The molecular weight excluding hydrogens is 389 g/mol. The number of rotatable bonds is 6. The first-order valence-electron chi connectivity index (χ1n) is 8.78. The van der Waals surface area contributed by atoms with Crippen molar-refractivity contribution in [2.45, 2.75) is 6.42 Å². The van der Waals surface area contributed by atoms with Gasteiger partial charge in [-0.3, -0.25) is 14.5 Å². The summed E-state index contributed by atoms with van der Waals surface area (Å²) in [5, 5.41) is 6.88. The van der Waals surface area contributed by atoms with Gasteiger partial charge in [0.05, 0.1) is 6.42 Å². The zero-order valence-corrected chi connectivity index (χ0v) is 16.4. The molecule has 2 heterocycles. The van der Waals surface area contributed by atoms with E-state index in [0.29, 0.717) is 25.2 Å². The van der Waals surface area contributed by atoms with Gasteiger partial charge in [-0.05, 0) is 23.6 Å². The quantitative estimate of drug-likeness (QED) is 0.798. The van der Waals surface area contributed by atoms with Gasteiger partial charge < -0.3 is 10.2 Å². The number of carbonyl (C=O) groups is 2. The van der Waals surface area contributed by atoms with Crippen molar-refractivity contribution in [1.29, 1.82) is 0 Å². The first kappa shape index (κ1) is 19.8. The van der Waals surface area contributed by atoms with E-state index in [2.05, 4.69) is 10.2 Å². The number of piperazine rings is 1. The predicted octanol–water partition coefficient (Wildman–Crippen LogP) is 2.66. The van der Waals surface area contributed by atoms with E-state index in [1.165, 1.54) is 23.5 Å². The van der Waals surface area contributed by atoms with Crippen molar-refractivity contribution in [3.05, 3.63) is 57.0 Å². The van der Waals surface area contributed by atoms with Crippen LogP contribution in [0.3, 0.4) is 0 Å². The highest BCUT2D eigenvalue weighted by atomic mass is 35.5. The number of hydrogen-bond acceptors (Lipinski definition) is 4. The number of benzene rings is 1. The van der Waals surface area contributed by atoms with Gasteiger partial charge in [0.15, 0.2) is 0 Å². The second-order valence-electron chi connectivity index (χ2n) is 6.37. The monoisotopic (exact) mass is 409 g/mol. The van der Waals surface area contributed by atoms with Crippen molar-refractivity contribution < 1.29 is 14.0 Å². The van der Waals surface area contributed by atoms with E-state index >= 15 is 0 Å². The Balaban J connectivity index is 1.41. The highest BCUT2D eigenvalue weighted by Gasteiger charge is 2.22. The van der Waals surface area contributed by atoms with Gasteiger partial charge in [0.25, 0.3) is 5.91 Å². The number of carbonyl (C=O) groups excluding carboxylic acids is 2. The van der Waals surface area contributed by atoms with E-state index in [1.54, 1.807) is 17.0 Å². The molecule has 0 saturated carbocycles. The molecule has 0 spiro atoms. The molecule has 27 heavy (non-hydrogen) atoms. The van der Waals surface area contributed by atoms with Gasteiger partial charge in [-0.25, -0.2) is 4.39 Å². The van der Waals surface area contributed by atoms with Crippen LogP contribution in [0, 0.1) is 5.82 Å². The van der Waals surface area contributed by atoms with Crippen molar-refractivity contribution in [1.82, 2.24) is 15.1 Å². The Labute approximate surface area is 166 Å². The van der Waals surface area contributed by atoms with Gasteiger partial charge in [0, 0.05) is 60.8 Å². The third-order valence-corrected chi connectivity index (χ3v) is 5.65. The third kappa shape index (κ3) is 5.28. The molecule has 0 radical (unpaired) electrons. The second-order valence-corrected chi connectivity index (χ2v) is 7.55. The molecule has 1 aliphatic heterocycles. The molecule has 2 aromatic rings. The molecule has 1 aromatic heterocycles. The highest BCUT2D eigenvalue weighted by molar-refractivity contribution is 7.08. The van der Waals surface area contributed by atoms with Crippen LogP contribution < -0.4 is 5.32 Å². The standard InChI is InChI=1S/C19H21ClFN3O2S/c20-16-2-1-3-17(21)15(16)12-18(25)24-9-7-23(8-10-24)6-5-22-19(26)14-4-11-27-13-14/h1-4,11,13H,5-10,12H2,(H,22,26). The molecule has 2 amide bonds. The lowest BCUT2D eigenvalue weighted by molar-refractivity contribution is -0.132. The number of nitrogens with one attached hydrogen (secondary N) is 1. The topological polar surface area (TPSA) is 52.7 Å². The minimum atomic E-state index is -0.448. The zero-order valence-electron chi connectivity index (χ0n) is 14.8. The molecule has 1 saturated heterocycles. The van der Waals surface area contributed by atoms with Gasteiger partial charge >= 0.3 is 0 Å². The fourth-order valence-electron chi connectivity index (χ4n) is 3.01. The van der Waals surface area contributed by atoms with Crippen LogP contribution in [0.15, 0.2) is 35.0 Å². The van der Waals surface area contributed by atoms with Crippen LogP contribution in [0.2, 0.25) is 5.02 Å². The Bertz CT molecular complexity index is 772.